The number of benzene rings is 3. The van der Waals surface area contributed by atoms with Gasteiger partial charge < -0.3 is 15.2 Å². The van der Waals surface area contributed by atoms with E-state index in [2.05, 4.69) is 15.6 Å². The second kappa shape index (κ2) is 8.22. The van der Waals surface area contributed by atoms with Gasteiger partial charge in [-0.3, -0.25) is 9.59 Å². The minimum absolute atomic E-state index is 0.194. The molecule has 3 aromatic carbocycles. The van der Waals surface area contributed by atoms with Crippen LogP contribution in [0.2, 0.25) is 0 Å². The third kappa shape index (κ3) is 4.39. The lowest BCUT2D eigenvalue weighted by Crippen LogP contribution is -2.13. The molecular weight excluding hydrogens is 364 g/mol. The Morgan fingerprint density at radius 3 is 1.79 bits per heavy atom. The Bertz CT molecular complexity index is 1100. The largest absolute Gasteiger partial charge is 0.322 e. The third-order valence-corrected chi connectivity index (χ3v) is 4.37. The molecule has 0 radical (unpaired) electrons. The number of nitrogens with one attached hydrogen (secondary N) is 2. The predicted octanol–water partition coefficient (Wildman–Crippen LogP) is 4.38. The van der Waals surface area contributed by atoms with Crippen LogP contribution in [-0.4, -0.2) is 21.4 Å². The van der Waals surface area contributed by atoms with Gasteiger partial charge in [-0.15, -0.1) is 0 Å². The molecule has 2 N–H and O–H groups in total. The highest BCUT2D eigenvalue weighted by Gasteiger charge is 2.08. The molecule has 6 nitrogen and oxygen atoms in total. The molecule has 1 aromatic heterocycles. The zero-order valence-electron chi connectivity index (χ0n) is 15.4. The summed E-state index contributed by atoms with van der Waals surface area (Å²) in [4.78, 5) is 28.7. The molecule has 0 aliphatic carbocycles. The van der Waals surface area contributed by atoms with Crippen LogP contribution in [0.25, 0.3) is 5.69 Å². The number of hydrogen-bond donors (Lipinski definition) is 2. The van der Waals surface area contributed by atoms with Crippen molar-refractivity contribution in [2.45, 2.75) is 0 Å². The molecule has 2 amide bonds. The number of hydrogen-bond acceptors (Lipinski definition) is 3. The van der Waals surface area contributed by atoms with E-state index in [9.17, 15) is 9.59 Å². The first-order valence-electron chi connectivity index (χ1n) is 9.05. The lowest BCUT2D eigenvalue weighted by molar-refractivity contribution is 0.102. The van der Waals surface area contributed by atoms with Crippen LogP contribution in [0.1, 0.15) is 20.7 Å². The van der Waals surface area contributed by atoms with Crippen LogP contribution in [0, 0.1) is 0 Å². The van der Waals surface area contributed by atoms with Crippen molar-refractivity contribution in [2.75, 3.05) is 10.6 Å². The number of carbonyl (C=O) groups excluding carboxylic acids is 2. The number of aromatic nitrogens is 2. The number of carbonyl (C=O) groups is 2. The van der Waals surface area contributed by atoms with Gasteiger partial charge in [-0.05, 0) is 60.7 Å². The van der Waals surface area contributed by atoms with E-state index in [4.69, 9.17) is 0 Å². The summed E-state index contributed by atoms with van der Waals surface area (Å²) in [6.45, 7) is 0. The van der Waals surface area contributed by atoms with Crippen LogP contribution in [0.4, 0.5) is 11.4 Å². The number of anilines is 2. The fourth-order valence-corrected chi connectivity index (χ4v) is 2.83. The van der Waals surface area contributed by atoms with Crippen molar-refractivity contribution in [1.29, 1.82) is 0 Å². The molecule has 0 aliphatic rings. The lowest BCUT2D eigenvalue weighted by atomic mass is 10.1. The van der Waals surface area contributed by atoms with Gasteiger partial charge in [-0.1, -0.05) is 18.2 Å². The highest BCUT2D eigenvalue weighted by molar-refractivity contribution is 6.06. The van der Waals surface area contributed by atoms with Gasteiger partial charge in [0.1, 0.15) is 0 Å². The molecule has 1 heterocycles. The van der Waals surface area contributed by atoms with Crippen molar-refractivity contribution in [2.24, 2.45) is 0 Å². The normalized spacial score (nSPS) is 10.3. The molecule has 4 rings (SSSR count). The molecule has 0 saturated heterocycles. The van der Waals surface area contributed by atoms with Crippen molar-refractivity contribution in [3.63, 3.8) is 0 Å². The minimum Gasteiger partial charge on any atom is -0.322 e. The number of rotatable bonds is 5. The Morgan fingerprint density at radius 2 is 1.24 bits per heavy atom. The van der Waals surface area contributed by atoms with Crippen LogP contribution in [-0.2, 0) is 0 Å². The van der Waals surface area contributed by atoms with Gasteiger partial charge in [0.05, 0.1) is 6.33 Å². The molecule has 0 fully saturated rings. The Kier molecular flexibility index (Phi) is 5.16. The Hall–Kier alpha value is -4.19. The summed E-state index contributed by atoms with van der Waals surface area (Å²) >= 11 is 0. The first-order valence-corrected chi connectivity index (χ1v) is 9.05. The predicted molar refractivity (Wildman–Crippen MR) is 112 cm³/mol. The van der Waals surface area contributed by atoms with Gasteiger partial charge in [0, 0.05) is 40.6 Å². The maximum absolute atomic E-state index is 12.5. The zero-order valence-corrected chi connectivity index (χ0v) is 15.4. The van der Waals surface area contributed by atoms with Gasteiger partial charge in [0.15, 0.2) is 0 Å². The van der Waals surface area contributed by atoms with E-state index >= 15 is 0 Å². The molecule has 142 valence electrons. The number of imidazole rings is 1. The molecule has 4 aromatic rings. The molecule has 0 bridgehead atoms. The van der Waals surface area contributed by atoms with Crippen molar-refractivity contribution in [3.8, 4) is 5.69 Å². The number of nitrogens with zero attached hydrogens (tertiary/aromatic N) is 2. The first-order chi connectivity index (χ1) is 14.2. The SMILES string of the molecule is O=C(Nc1ccc(C(=O)Nc2ccc(-n3ccnc3)cc2)cc1)c1ccccc1. The lowest BCUT2D eigenvalue weighted by Gasteiger charge is -2.09. The molecule has 0 spiro atoms. The standard InChI is InChI=1S/C23H18N4O2/c28-22(17-4-2-1-3-5-17)25-19-8-6-18(7-9-19)23(29)26-20-10-12-21(13-11-20)27-15-14-24-16-27/h1-16H,(H,25,28)(H,26,29). The summed E-state index contributed by atoms with van der Waals surface area (Å²) in [5, 5.41) is 5.68. The van der Waals surface area contributed by atoms with Gasteiger partial charge >= 0.3 is 0 Å². The third-order valence-electron chi connectivity index (χ3n) is 4.37. The fourth-order valence-electron chi connectivity index (χ4n) is 2.83. The molecular formula is C23H18N4O2. The second-order valence-electron chi connectivity index (χ2n) is 6.37. The molecule has 0 unspecified atom stereocenters. The van der Waals surface area contributed by atoms with Gasteiger partial charge in [-0.25, -0.2) is 4.98 Å². The summed E-state index contributed by atoms with van der Waals surface area (Å²) in [6, 6.07) is 23.2. The Morgan fingerprint density at radius 1 is 0.690 bits per heavy atom. The Labute approximate surface area is 167 Å². The average molecular weight is 382 g/mol. The fraction of sp³-hybridized carbons (Fsp3) is 0. The van der Waals surface area contributed by atoms with Crippen molar-refractivity contribution in [3.05, 3.63) is 109 Å². The summed E-state index contributed by atoms with van der Waals surface area (Å²) < 4.78 is 1.88. The molecule has 0 aliphatic heterocycles. The topological polar surface area (TPSA) is 76.0 Å². The van der Waals surface area contributed by atoms with E-state index in [0.717, 1.165) is 5.69 Å². The molecule has 29 heavy (non-hydrogen) atoms. The van der Waals surface area contributed by atoms with E-state index < -0.39 is 0 Å². The molecule has 0 atom stereocenters. The van der Waals surface area contributed by atoms with Crippen LogP contribution in [0.15, 0.2) is 97.6 Å². The van der Waals surface area contributed by atoms with E-state index in [1.54, 1.807) is 48.9 Å². The summed E-state index contributed by atoms with van der Waals surface area (Å²) in [7, 11) is 0. The van der Waals surface area contributed by atoms with Gasteiger partial charge in [0.25, 0.3) is 11.8 Å². The summed E-state index contributed by atoms with van der Waals surface area (Å²) in [6.07, 6.45) is 5.28. The highest BCUT2D eigenvalue weighted by Crippen LogP contribution is 2.16. The van der Waals surface area contributed by atoms with Gasteiger partial charge in [-0.2, -0.15) is 0 Å². The summed E-state index contributed by atoms with van der Waals surface area (Å²) in [5.41, 5.74) is 3.36. The maximum Gasteiger partial charge on any atom is 0.255 e. The van der Waals surface area contributed by atoms with E-state index in [0.29, 0.717) is 22.5 Å². The average Bonchev–Trinajstić information content (AvgIpc) is 3.30. The zero-order chi connectivity index (χ0) is 20.1. The van der Waals surface area contributed by atoms with Crippen LogP contribution >= 0.6 is 0 Å². The van der Waals surface area contributed by atoms with E-state index in [-0.39, 0.29) is 11.8 Å². The van der Waals surface area contributed by atoms with Crippen LogP contribution in [0.5, 0.6) is 0 Å². The summed E-state index contributed by atoms with van der Waals surface area (Å²) in [5.74, 6) is -0.415. The van der Waals surface area contributed by atoms with E-state index in [1.807, 2.05) is 53.2 Å². The highest BCUT2D eigenvalue weighted by atomic mass is 16.2. The Balaban J connectivity index is 1.38. The van der Waals surface area contributed by atoms with Crippen LogP contribution < -0.4 is 10.6 Å². The second-order valence-corrected chi connectivity index (χ2v) is 6.37. The van der Waals surface area contributed by atoms with Gasteiger partial charge in [0.2, 0.25) is 0 Å². The quantitative estimate of drug-likeness (QED) is 0.538. The molecule has 6 heteroatoms. The van der Waals surface area contributed by atoms with E-state index in [1.165, 1.54) is 0 Å². The van der Waals surface area contributed by atoms with Crippen molar-refractivity contribution in [1.82, 2.24) is 9.55 Å². The monoisotopic (exact) mass is 382 g/mol. The first kappa shape index (κ1) is 18.2. The molecule has 0 saturated carbocycles. The van der Waals surface area contributed by atoms with Crippen molar-refractivity contribution >= 4 is 23.2 Å². The smallest absolute Gasteiger partial charge is 0.255 e. The number of amides is 2. The van der Waals surface area contributed by atoms with Crippen molar-refractivity contribution < 1.29 is 9.59 Å². The maximum atomic E-state index is 12.5. The minimum atomic E-state index is -0.221. The van der Waals surface area contributed by atoms with Crippen LogP contribution in [0.3, 0.4) is 0 Å².